The van der Waals surface area contributed by atoms with Crippen LogP contribution in [0.5, 0.6) is 0 Å². The second kappa shape index (κ2) is 8.66. The van der Waals surface area contributed by atoms with Gasteiger partial charge in [-0.05, 0) is 19.9 Å². The Bertz CT molecular complexity index is 340. The lowest BCUT2D eigenvalue weighted by Gasteiger charge is -2.26. The molecule has 2 saturated heterocycles. The number of hydroxylamine groups is 2. The summed E-state index contributed by atoms with van der Waals surface area (Å²) in [4.78, 5) is 5.81. The molecular formula is C14H26B2N2O4. The van der Waals surface area contributed by atoms with Gasteiger partial charge in [-0.25, -0.2) is 0 Å². The summed E-state index contributed by atoms with van der Waals surface area (Å²) in [6, 6.07) is -0.208. The molecule has 0 spiro atoms. The van der Waals surface area contributed by atoms with E-state index >= 15 is 0 Å². The zero-order chi connectivity index (χ0) is 16.1. The topological polar surface area (TPSA) is 52.2 Å². The van der Waals surface area contributed by atoms with E-state index < -0.39 is 0 Å². The van der Waals surface area contributed by atoms with Crippen LogP contribution in [-0.4, -0.2) is 92.0 Å². The van der Waals surface area contributed by atoms with Crippen molar-refractivity contribution in [1.82, 2.24) is 10.4 Å². The van der Waals surface area contributed by atoms with Gasteiger partial charge in [0.2, 0.25) is 0 Å². The Morgan fingerprint density at radius 3 is 2.50 bits per heavy atom. The monoisotopic (exact) mass is 308 g/mol. The maximum Gasteiger partial charge on any atom is 0.109 e. The van der Waals surface area contributed by atoms with Crippen LogP contribution in [-0.2, 0) is 19.0 Å². The van der Waals surface area contributed by atoms with Crippen molar-refractivity contribution < 1.29 is 19.0 Å². The highest BCUT2D eigenvalue weighted by Crippen LogP contribution is 2.26. The molecule has 8 heteroatoms. The van der Waals surface area contributed by atoms with Crippen LogP contribution in [0.3, 0.4) is 0 Å². The predicted molar refractivity (Wildman–Crippen MR) is 84.9 cm³/mol. The van der Waals surface area contributed by atoms with Crippen LogP contribution in [0.15, 0.2) is 0 Å². The maximum atomic E-state index is 5.87. The molecule has 0 aromatic rings. The van der Waals surface area contributed by atoms with E-state index in [1.165, 1.54) is 0 Å². The van der Waals surface area contributed by atoms with Gasteiger partial charge < -0.3 is 19.5 Å². The van der Waals surface area contributed by atoms with Crippen LogP contribution in [0.2, 0.25) is 0 Å². The molecule has 2 rings (SSSR count). The van der Waals surface area contributed by atoms with E-state index in [0.717, 1.165) is 19.4 Å². The minimum Gasteiger partial charge on any atom is -0.382 e. The summed E-state index contributed by atoms with van der Waals surface area (Å²) < 4.78 is 16.5. The van der Waals surface area contributed by atoms with Crippen LogP contribution < -0.4 is 5.32 Å². The van der Waals surface area contributed by atoms with Crippen molar-refractivity contribution in [3.05, 3.63) is 0 Å². The number of nitrogens with one attached hydrogen (secondary N) is 1. The quantitative estimate of drug-likeness (QED) is 0.471. The first-order valence-electron chi connectivity index (χ1n) is 7.85. The molecule has 4 radical (unpaired) electrons. The highest BCUT2D eigenvalue weighted by atomic mass is 16.7. The lowest BCUT2D eigenvalue weighted by Crippen LogP contribution is -2.40. The summed E-state index contributed by atoms with van der Waals surface area (Å²) in [5, 5.41) is 5.04. The molecule has 0 saturated carbocycles. The van der Waals surface area contributed by atoms with Crippen LogP contribution in [0.1, 0.15) is 12.8 Å². The van der Waals surface area contributed by atoms with Crippen molar-refractivity contribution in [2.75, 3.05) is 41.0 Å². The molecular weight excluding hydrogens is 282 g/mol. The number of ether oxygens (including phenoxy) is 3. The molecule has 22 heavy (non-hydrogen) atoms. The van der Waals surface area contributed by atoms with E-state index in [1.54, 1.807) is 7.11 Å². The van der Waals surface area contributed by atoms with E-state index in [2.05, 4.69) is 5.32 Å². The van der Waals surface area contributed by atoms with E-state index in [9.17, 15) is 0 Å². The van der Waals surface area contributed by atoms with E-state index in [4.69, 9.17) is 34.7 Å². The van der Waals surface area contributed by atoms with Crippen molar-refractivity contribution >= 4 is 15.7 Å². The molecule has 2 aliphatic rings. The van der Waals surface area contributed by atoms with Gasteiger partial charge in [-0.2, -0.15) is 5.06 Å². The highest BCUT2D eigenvalue weighted by Gasteiger charge is 2.35. The minimum atomic E-state index is -0.219. The van der Waals surface area contributed by atoms with Crippen molar-refractivity contribution in [1.29, 1.82) is 0 Å². The molecule has 6 atom stereocenters. The van der Waals surface area contributed by atoms with Crippen LogP contribution in [0, 0.1) is 5.92 Å². The highest BCUT2D eigenvalue weighted by molar-refractivity contribution is 6.11. The summed E-state index contributed by atoms with van der Waals surface area (Å²) in [5.41, 5.74) is 0. The van der Waals surface area contributed by atoms with E-state index in [0.29, 0.717) is 19.1 Å². The van der Waals surface area contributed by atoms with Crippen molar-refractivity contribution in [3.8, 4) is 0 Å². The average molecular weight is 308 g/mol. The molecule has 2 heterocycles. The van der Waals surface area contributed by atoms with Gasteiger partial charge in [0.05, 0.1) is 25.4 Å². The molecule has 0 amide bonds. The fraction of sp³-hybridized carbons (Fsp3) is 1.00. The summed E-state index contributed by atoms with van der Waals surface area (Å²) in [5.74, 6) is 0.298. The van der Waals surface area contributed by atoms with Crippen molar-refractivity contribution in [2.24, 2.45) is 5.92 Å². The fourth-order valence-corrected chi connectivity index (χ4v) is 3.19. The summed E-state index contributed by atoms with van der Waals surface area (Å²) in [6.07, 6.45) is 1.60. The number of hydrogen-bond acceptors (Lipinski definition) is 6. The molecule has 0 bridgehead atoms. The van der Waals surface area contributed by atoms with Crippen molar-refractivity contribution in [3.63, 3.8) is 0 Å². The lowest BCUT2D eigenvalue weighted by molar-refractivity contribution is -0.175. The number of likely N-dealkylation sites (N-methyl/N-ethyl adjacent to an activating group) is 1. The van der Waals surface area contributed by atoms with Gasteiger partial charge in [-0.15, -0.1) is 0 Å². The maximum absolute atomic E-state index is 5.87. The largest absolute Gasteiger partial charge is 0.382 e. The molecule has 0 aromatic heterocycles. The summed E-state index contributed by atoms with van der Waals surface area (Å²) in [7, 11) is 17.2. The minimum absolute atomic E-state index is 0.0206. The predicted octanol–water partition coefficient (Wildman–Crippen LogP) is -0.733. The van der Waals surface area contributed by atoms with Crippen LogP contribution in [0.25, 0.3) is 0 Å². The molecule has 0 aliphatic carbocycles. The average Bonchev–Trinajstić information content (AvgIpc) is 3.00. The third-order valence-corrected chi connectivity index (χ3v) is 4.35. The molecule has 122 valence electrons. The first kappa shape index (κ1) is 18.2. The van der Waals surface area contributed by atoms with Gasteiger partial charge in [-0.1, -0.05) is 0 Å². The molecule has 2 aliphatic heterocycles. The van der Waals surface area contributed by atoms with Gasteiger partial charge in [0.25, 0.3) is 0 Å². The van der Waals surface area contributed by atoms with Crippen molar-refractivity contribution in [2.45, 2.75) is 43.1 Å². The first-order valence-corrected chi connectivity index (χ1v) is 7.85. The van der Waals surface area contributed by atoms with Gasteiger partial charge in [0.1, 0.15) is 15.7 Å². The second-order valence-corrected chi connectivity index (χ2v) is 6.11. The number of nitrogens with zero attached hydrogens (tertiary/aromatic N) is 1. The van der Waals surface area contributed by atoms with E-state index in [1.807, 2.05) is 19.2 Å². The molecule has 1 N–H and O–H groups in total. The smallest absolute Gasteiger partial charge is 0.109 e. The Balaban J connectivity index is 1.74. The van der Waals surface area contributed by atoms with Gasteiger partial charge in [0.15, 0.2) is 0 Å². The standard InChI is InChI=1S/C14H26B2N2O4/c1-17-10-5-14(16)22-12(10)8-20-18(2)6-9-4-13(15)21-11(9)7-19-3/h9-14,17H,4-8H2,1-3H3/t9-,10+,11+,12+,13+,14+/m0/s1. The first-order chi connectivity index (χ1) is 10.5. The Morgan fingerprint density at radius 2 is 1.82 bits per heavy atom. The van der Waals surface area contributed by atoms with E-state index in [-0.39, 0.29) is 30.3 Å². The van der Waals surface area contributed by atoms with Gasteiger partial charge in [0, 0.05) is 44.7 Å². The Morgan fingerprint density at radius 1 is 1.14 bits per heavy atom. The Labute approximate surface area is 135 Å². The second-order valence-electron chi connectivity index (χ2n) is 6.11. The molecule has 2 fully saturated rings. The molecule has 6 nitrogen and oxygen atoms in total. The number of hydrogen-bond donors (Lipinski definition) is 1. The zero-order valence-electron chi connectivity index (χ0n) is 13.7. The SMILES string of the molecule is [B][C@H]1C[C@@H](CN(C)OC[C@H]2O[C@@H]([B])C[C@H]2NC)[C@@H](COC)O1. The Kier molecular flexibility index (Phi) is 7.18. The third-order valence-electron chi connectivity index (χ3n) is 4.35. The Hall–Kier alpha value is -0.110. The fourth-order valence-electron chi connectivity index (χ4n) is 3.19. The zero-order valence-corrected chi connectivity index (χ0v) is 13.7. The molecule has 0 aromatic carbocycles. The summed E-state index contributed by atoms with van der Waals surface area (Å²) in [6.45, 7) is 1.77. The molecule has 0 unspecified atom stereocenters. The number of rotatable bonds is 8. The lowest BCUT2D eigenvalue weighted by atomic mass is 9.91. The van der Waals surface area contributed by atoms with Gasteiger partial charge in [-0.3, -0.25) is 4.84 Å². The third kappa shape index (κ3) is 4.94. The van der Waals surface area contributed by atoms with Gasteiger partial charge >= 0.3 is 0 Å². The van der Waals surface area contributed by atoms with Crippen LogP contribution >= 0.6 is 0 Å². The van der Waals surface area contributed by atoms with Crippen LogP contribution in [0.4, 0.5) is 0 Å². The number of methoxy groups -OCH3 is 1. The normalized spacial score (nSPS) is 38.9. The summed E-state index contributed by atoms with van der Waals surface area (Å²) >= 11 is 0.